The van der Waals surface area contributed by atoms with E-state index in [9.17, 15) is 40.3 Å². The number of halogens is 7. The van der Waals surface area contributed by atoms with Crippen molar-refractivity contribution in [1.82, 2.24) is 40.2 Å². The van der Waals surface area contributed by atoms with E-state index in [1.807, 2.05) is 0 Å². The molecule has 3 fully saturated rings. The predicted octanol–water partition coefficient (Wildman–Crippen LogP) is 5.18. The summed E-state index contributed by atoms with van der Waals surface area (Å²) in [7, 11) is 0. The zero-order valence-electron chi connectivity index (χ0n) is 23.9. The predicted molar refractivity (Wildman–Crippen MR) is 142 cm³/mol. The summed E-state index contributed by atoms with van der Waals surface area (Å²) in [5.41, 5.74) is 1.10. The molecule has 10 nitrogen and oxygen atoms in total. The molecular weight excluding hydrogens is 613 g/mol. The molecule has 244 valence electrons. The van der Waals surface area contributed by atoms with Gasteiger partial charge in [-0.1, -0.05) is 0 Å². The van der Waals surface area contributed by atoms with Gasteiger partial charge in [-0.25, -0.2) is 27.1 Å². The van der Waals surface area contributed by atoms with Gasteiger partial charge in [0.1, 0.15) is 0 Å². The Labute approximate surface area is 252 Å². The average molecular weight is 645 g/mol. The zero-order valence-corrected chi connectivity index (χ0v) is 23.9. The lowest BCUT2D eigenvalue weighted by Crippen LogP contribution is -2.37. The molecule has 0 aliphatic heterocycles. The maximum Gasteiger partial charge on any atom is 0.389 e. The fourth-order valence-electron chi connectivity index (χ4n) is 5.83. The number of alkyl halides is 7. The first-order chi connectivity index (χ1) is 21.2. The molecule has 2 amide bonds. The van der Waals surface area contributed by atoms with Crippen LogP contribution in [-0.2, 0) is 11.3 Å². The summed E-state index contributed by atoms with van der Waals surface area (Å²) in [6, 6.07) is 0.270. The number of nitrogens with one attached hydrogen (secondary N) is 2. The quantitative estimate of drug-likeness (QED) is 0.278. The van der Waals surface area contributed by atoms with E-state index in [1.54, 1.807) is 12.3 Å². The van der Waals surface area contributed by atoms with Gasteiger partial charge in [0.25, 0.3) is 11.8 Å². The van der Waals surface area contributed by atoms with E-state index in [0.717, 1.165) is 23.8 Å². The molecule has 3 aliphatic rings. The minimum Gasteiger partial charge on any atom is -0.349 e. The average Bonchev–Trinajstić information content (AvgIpc) is 3.78. The van der Waals surface area contributed by atoms with Gasteiger partial charge in [-0.15, -0.1) is 5.10 Å². The largest absolute Gasteiger partial charge is 0.389 e. The summed E-state index contributed by atoms with van der Waals surface area (Å²) in [5, 5.41) is 17.8. The molecule has 0 aromatic carbocycles. The molecule has 3 atom stereocenters. The molecule has 3 aromatic rings. The second-order valence-electron chi connectivity index (χ2n) is 12.3. The Balaban J connectivity index is 1.21. The monoisotopic (exact) mass is 644 g/mol. The first-order valence-corrected chi connectivity index (χ1v) is 14.8. The van der Waals surface area contributed by atoms with E-state index in [0.29, 0.717) is 16.9 Å². The Kier molecular flexibility index (Phi) is 8.00. The normalized spacial score (nSPS) is 22.6. The van der Waals surface area contributed by atoms with Crippen molar-refractivity contribution >= 4 is 17.5 Å². The highest BCUT2D eigenvalue weighted by Crippen LogP contribution is 2.49. The lowest BCUT2D eigenvalue weighted by Gasteiger charge is -2.33. The topological polar surface area (TPSA) is 119 Å². The lowest BCUT2D eigenvalue weighted by atomic mass is 9.81. The van der Waals surface area contributed by atoms with Crippen molar-refractivity contribution in [1.29, 1.82) is 0 Å². The summed E-state index contributed by atoms with van der Waals surface area (Å²) in [4.78, 5) is 31.2. The van der Waals surface area contributed by atoms with Crippen molar-refractivity contribution in [2.24, 2.45) is 17.8 Å². The van der Waals surface area contributed by atoms with E-state index < -0.39 is 66.6 Å². The van der Waals surface area contributed by atoms with E-state index in [1.165, 1.54) is 10.7 Å². The van der Waals surface area contributed by atoms with Crippen LogP contribution in [-0.4, -0.2) is 59.4 Å². The van der Waals surface area contributed by atoms with Gasteiger partial charge in [-0.2, -0.15) is 28.2 Å². The van der Waals surface area contributed by atoms with Crippen molar-refractivity contribution in [3.05, 3.63) is 41.6 Å². The third kappa shape index (κ3) is 7.54. The van der Waals surface area contributed by atoms with Crippen molar-refractivity contribution < 1.29 is 40.3 Å². The van der Waals surface area contributed by atoms with E-state index >= 15 is 0 Å². The fraction of sp³-hybridized carbons (Fsp3) is 0.643. The van der Waals surface area contributed by atoms with Gasteiger partial charge < -0.3 is 10.6 Å². The van der Waals surface area contributed by atoms with Gasteiger partial charge in [0.2, 0.25) is 11.8 Å². The number of hydrogen-bond donors (Lipinski definition) is 2. The van der Waals surface area contributed by atoms with E-state index in [-0.39, 0.29) is 50.3 Å². The van der Waals surface area contributed by atoms with Gasteiger partial charge in [0.05, 0.1) is 49.3 Å². The fourth-order valence-corrected chi connectivity index (χ4v) is 5.83. The van der Waals surface area contributed by atoms with Crippen LogP contribution in [0.4, 0.5) is 30.7 Å². The van der Waals surface area contributed by atoms with Crippen LogP contribution in [0.3, 0.4) is 0 Å². The second-order valence-corrected chi connectivity index (χ2v) is 12.3. The third-order valence-electron chi connectivity index (χ3n) is 8.71. The van der Waals surface area contributed by atoms with E-state index in [4.69, 9.17) is 0 Å². The SMILES string of the molecule is O=C(CCC(F)(F)F)NC(c1cnn2cc([C@@H](NC(=O)c3cnn(CC4CC4(F)F)n3)C3CCC(F)(F)CC3)nc2c1)C1CC1. The molecule has 0 radical (unpaired) electrons. The van der Waals surface area contributed by atoms with Crippen LogP contribution in [0.1, 0.15) is 91.6 Å². The molecule has 0 bridgehead atoms. The number of carbonyl (C=O) groups is 2. The van der Waals surface area contributed by atoms with Crippen molar-refractivity contribution in [2.75, 3.05) is 0 Å². The summed E-state index contributed by atoms with van der Waals surface area (Å²) in [6.07, 6.45) is -1.45. The van der Waals surface area contributed by atoms with Crippen LogP contribution in [0, 0.1) is 17.8 Å². The highest BCUT2D eigenvalue weighted by atomic mass is 19.4. The minimum atomic E-state index is -4.45. The Morgan fingerprint density at radius 3 is 2.31 bits per heavy atom. The van der Waals surface area contributed by atoms with Gasteiger partial charge in [-0.3, -0.25) is 9.59 Å². The highest BCUT2D eigenvalue weighted by Gasteiger charge is 2.57. The molecule has 17 heteroatoms. The molecule has 2 unspecified atom stereocenters. The minimum absolute atomic E-state index is 0.0361. The molecular formula is C28H31F7N8O2. The zero-order chi connectivity index (χ0) is 32.1. The summed E-state index contributed by atoms with van der Waals surface area (Å²) in [6.45, 7) is -0.146. The standard InChI is InChI=1S/C28H31F7N8O2/c29-26(30)6-3-16(4-7-26)24(40-25(45)19-12-37-43(41-19)13-18-10-27(18,31)32)20-14-42-21(38-20)9-17(11-36-42)23(15-1-2-15)39-22(44)5-8-28(33,34)35/h9,11-12,14-16,18,23-24H,1-8,10,13H2,(H,39,44)(H,40,45)/t18?,23?,24-/m0/s1. The number of aromatic nitrogens is 6. The van der Waals surface area contributed by atoms with Crippen LogP contribution in [0.2, 0.25) is 0 Å². The lowest BCUT2D eigenvalue weighted by molar-refractivity contribution is -0.144. The molecule has 45 heavy (non-hydrogen) atoms. The van der Waals surface area contributed by atoms with Crippen molar-refractivity contribution in [3.8, 4) is 0 Å². The number of fused-ring (bicyclic) bond motifs is 1. The molecule has 0 saturated heterocycles. The second kappa shape index (κ2) is 11.5. The summed E-state index contributed by atoms with van der Waals surface area (Å²) in [5.74, 6) is -8.28. The Morgan fingerprint density at radius 1 is 0.978 bits per heavy atom. The number of rotatable bonds is 11. The van der Waals surface area contributed by atoms with Gasteiger partial charge >= 0.3 is 6.18 Å². The molecule has 3 heterocycles. The highest BCUT2D eigenvalue weighted by molar-refractivity contribution is 5.92. The number of nitrogens with zero attached hydrogens (tertiary/aromatic N) is 6. The van der Waals surface area contributed by atoms with Crippen LogP contribution in [0.15, 0.2) is 24.7 Å². The first-order valence-electron chi connectivity index (χ1n) is 14.8. The maximum atomic E-state index is 14.0. The maximum absolute atomic E-state index is 14.0. The van der Waals surface area contributed by atoms with Crippen LogP contribution in [0.25, 0.3) is 5.65 Å². The number of carbonyl (C=O) groups excluding carboxylic acids is 2. The van der Waals surface area contributed by atoms with E-state index in [2.05, 4.69) is 30.9 Å². The Bertz CT molecular complexity index is 1560. The van der Waals surface area contributed by atoms with Crippen molar-refractivity contribution in [2.45, 2.75) is 94.4 Å². The first kappa shape index (κ1) is 31.2. The molecule has 2 N–H and O–H groups in total. The Hall–Kier alpha value is -3.79. The Morgan fingerprint density at radius 2 is 1.67 bits per heavy atom. The molecule has 3 saturated carbocycles. The number of imidazole rings is 1. The van der Waals surface area contributed by atoms with Crippen LogP contribution in [0.5, 0.6) is 0 Å². The molecule has 6 rings (SSSR count). The van der Waals surface area contributed by atoms with Crippen LogP contribution >= 0.6 is 0 Å². The van der Waals surface area contributed by atoms with Crippen LogP contribution < -0.4 is 10.6 Å². The number of hydrogen-bond acceptors (Lipinski definition) is 6. The smallest absolute Gasteiger partial charge is 0.349 e. The summed E-state index contributed by atoms with van der Waals surface area (Å²) >= 11 is 0. The third-order valence-corrected chi connectivity index (χ3v) is 8.71. The van der Waals surface area contributed by atoms with Crippen molar-refractivity contribution in [3.63, 3.8) is 0 Å². The van der Waals surface area contributed by atoms with Gasteiger partial charge in [-0.05, 0) is 49.1 Å². The molecule has 0 spiro atoms. The van der Waals surface area contributed by atoms with Gasteiger partial charge in [0.15, 0.2) is 11.3 Å². The number of amides is 2. The van der Waals surface area contributed by atoms with Gasteiger partial charge in [0, 0.05) is 31.6 Å². The molecule has 3 aliphatic carbocycles. The summed E-state index contributed by atoms with van der Waals surface area (Å²) < 4.78 is 93.9. The molecule has 3 aromatic heterocycles.